The van der Waals surface area contributed by atoms with Gasteiger partial charge in [0.25, 0.3) is 0 Å². The highest BCUT2D eigenvalue weighted by atomic mass is 79.9. The number of amides is 1. The first kappa shape index (κ1) is 13.9. The average Bonchev–Trinajstić information content (AvgIpc) is 2.55. The van der Waals surface area contributed by atoms with Crippen molar-refractivity contribution in [3.05, 3.63) is 34.9 Å². The van der Waals surface area contributed by atoms with Crippen LogP contribution in [0.25, 0.3) is 0 Å². The van der Waals surface area contributed by atoms with E-state index in [0.29, 0.717) is 0 Å². The minimum Gasteiger partial charge on any atom is -0.351 e. The van der Waals surface area contributed by atoms with Crippen LogP contribution in [0.4, 0.5) is 0 Å². The third kappa shape index (κ3) is 3.66. The summed E-state index contributed by atoms with van der Waals surface area (Å²) in [5.74, 6) is 0.227. The van der Waals surface area contributed by atoms with Crippen molar-refractivity contribution in [1.82, 2.24) is 4.90 Å². The van der Waals surface area contributed by atoms with E-state index < -0.39 is 0 Å². The Balaban J connectivity index is 0.000000249. The van der Waals surface area contributed by atoms with Crippen LogP contribution in [0.1, 0.15) is 21.5 Å². The van der Waals surface area contributed by atoms with Crippen LogP contribution in [-0.4, -0.2) is 36.0 Å². The normalized spacial score (nSPS) is 16.9. The second-order valence-electron chi connectivity index (χ2n) is 4.27. The number of benzene rings is 1. The van der Waals surface area contributed by atoms with Crippen molar-refractivity contribution in [2.45, 2.75) is 18.2 Å². The van der Waals surface area contributed by atoms with Gasteiger partial charge >= 0.3 is 0 Å². The Hall–Kier alpha value is -1.16. The van der Waals surface area contributed by atoms with E-state index in [0.717, 1.165) is 18.4 Å². The zero-order chi connectivity index (χ0) is 13.0. The van der Waals surface area contributed by atoms with E-state index >= 15 is 0 Å². The highest BCUT2D eigenvalue weighted by molar-refractivity contribution is 9.10. The second kappa shape index (κ2) is 5.96. The van der Waals surface area contributed by atoms with Crippen molar-refractivity contribution in [1.29, 1.82) is 0 Å². The van der Waals surface area contributed by atoms with E-state index in [1.54, 1.807) is 14.1 Å². The average molecular weight is 298 g/mol. The van der Waals surface area contributed by atoms with Crippen LogP contribution in [0, 0.1) is 6.92 Å². The van der Waals surface area contributed by atoms with Crippen molar-refractivity contribution in [2.24, 2.45) is 0 Å². The minimum atomic E-state index is 0.00861. The lowest BCUT2D eigenvalue weighted by molar-refractivity contribution is -0.115. The largest absolute Gasteiger partial charge is 0.351 e. The van der Waals surface area contributed by atoms with Crippen molar-refractivity contribution >= 4 is 28.1 Å². The zero-order valence-corrected chi connectivity index (χ0v) is 11.8. The molecule has 1 aromatic rings. The van der Waals surface area contributed by atoms with Crippen LogP contribution >= 0.6 is 15.9 Å². The van der Waals surface area contributed by atoms with Gasteiger partial charge in [-0.15, -0.1) is 0 Å². The summed E-state index contributed by atoms with van der Waals surface area (Å²) in [5.41, 5.74) is 3.30. The van der Waals surface area contributed by atoms with Gasteiger partial charge in [-0.1, -0.05) is 39.7 Å². The number of alkyl halides is 1. The summed E-state index contributed by atoms with van der Waals surface area (Å²) in [7, 11) is 3.38. The quantitative estimate of drug-likeness (QED) is 0.589. The smallest absolute Gasteiger partial charge is 0.209 e. The van der Waals surface area contributed by atoms with E-state index in [1.165, 1.54) is 16.0 Å². The minimum absolute atomic E-state index is 0.00861. The number of halogens is 1. The van der Waals surface area contributed by atoms with Gasteiger partial charge in [-0.05, 0) is 18.9 Å². The van der Waals surface area contributed by atoms with Crippen molar-refractivity contribution in [3.8, 4) is 0 Å². The Bertz CT molecular complexity index is 429. The van der Waals surface area contributed by atoms with E-state index in [4.69, 9.17) is 0 Å². The Morgan fingerprint density at radius 2 is 2.00 bits per heavy atom. The lowest BCUT2D eigenvalue weighted by Crippen LogP contribution is -2.06. The molecular formula is C13H16BrNO2. The lowest BCUT2D eigenvalue weighted by Gasteiger charge is -1.96. The third-order valence-corrected chi connectivity index (χ3v) is 3.16. The lowest BCUT2D eigenvalue weighted by atomic mass is 10.1. The maximum atomic E-state index is 11.5. The fourth-order valence-corrected chi connectivity index (χ4v) is 2.18. The summed E-state index contributed by atoms with van der Waals surface area (Å²) in [6, 6.07) is 6.00. The first-order chi connectivity index (χ1) is 7.95. The van der Waals surface area contributed by atoms with Gasteiger partial charge in [-0.2, -0.15) is 0 Å². The van der Waals surface area contributed by atoms with Crippen LogP contribution in [0.3, 0.4) is 0 Å². The van der Waals surface area contributed by atoms with Crippen LogP contribution in [0.5, 0.6) is 0 Å². The number of carbonyl (C=O) groups excluding carboxylic acids is 2. The van der Waals surface area contributed by atoms with Gasteiger partial charge in [-0.3, -0.25) is 9.59 Å². The molecular weight excluding hydrogens is 282 g/mol. The van der Waals surface area contributed by atoms with Crippen molar-refractivity contribution in [3.63, 3.8) is 0 Å². The van der Waals surface area contributed by atoms with Gasteiger partial charge < -0.3 is 4.90 Å². The summed E-state index contributed by atoms with van der Waals surface area (Å²) >= 11 is 3.36. The third-order valence-electron chi connectivity index (χ3n) is 2.42. The molecule has 1 aliphatic rings. The van der Waals surface area contributed by atoms with Gasteiger partial charge in [0.2, 0.25) is 6.41 Å². The molecule has 0 saturated carbocycles. The van der Waals surface area contributed by atoms with Crippen molar-refractivity contribution < 1.29 is 9.59 Å². The molecule has 1 amide bonds. The number of Topliss-reactive ketones (excluding diaryl/α,β-unsaturated/α-hetero) is 1. The van der Waals surface area contributed by atoms with Gasteiger partial charge in [0, 0.05) is 19.7 Å². The Morgan fingerprint density at radius 1 is 1.41 bits per heavy atom. The highest BCUT2D eigenvalue weighted by Crippen LogP contribution is 2.27. The number of ketones is 1. The molecule has 0 aromatic heterocycles. The van der Waals surface area contributed by atoms with E-state index in [1.807, 2.05) is 19.1 Å². The Kier molecular flexibility index (Phi) is 4.87. The molecule has 17 heavy (non-hydrogen) atoms. The molecule has 1 atom stereocenters. The molecule has 0 saturated heterocycles. The fraction of sp³-hybridized carbons (Fsp3) is 0.385. The predicted octanol–water partition coefficient (Wildman–Crippen LogP) is 2.20. The van der Waals surface area contributed by atoms with Gasteiger partial charge in [-0.25, -0.2) is 0 Å². The molecule has 0 N–H and O–H groups in total. The number of hydrogen-bond donors (Lipinski definition) is 0. The molecule has 0 bridgehead atoms. The summed E-state index contributed by atoms with van der Waals surface area (Å²) in [5, 5.41) is 0. The molecule has 1 unspecified atom stereocenters. The first-order valence-electron chi connectivity index (χ1n) is 5.35. The summed E-state index contributed by atoms with van der Waals surface area (Å²) in [6.45, 7) is 2.05. The molecule has 3 nitrogen and oxygen atoms in total. The number of rotatable bonds is 1. The molecule has 1 aliphatic carbocycles. The summed E-state index contributed by atoms with van der Waals surface area (Å²) in [4.78, 5) is 22.3. The standard InChI is InChI=1S/C10H9BrO.C3H7NO/c1-6-2-3-8-7(4-6)5-9(11)10(8)12;1-4(2)3-5/h2-4,9H,5H2,1H3;3H,1-2H3. The maximum absolute atomic E-state index is 11.5. The molecule has 4 heteroatoms. The van der Waals surface area contributed by atoms with Gasteiger partial charge in [0.15, 0.2) is 5.78 Å². The predicted molar refractivity (Wildman–Crippen MR) is 71.7 cm³/mol. The molecule has 92 valence electrons. The second-order valence-corrected chi connectivity index (χ2v) is 5.37. The molecule has 2 rings (SSSR count). The van der Waals surface area contributed by atoms with Crippen LogP contribution in [0.2, 0.25) is 0 Å². The summed E-state index contributed by atoms with van der Waals surface area (Å²) in [6.07, 6.45) is 1.59. The molecule has 1 aromatic carbocycles. The topological polar surface area (TPSA) is 37.4 Å². The Morgan fingerprint density at radius 3 is 2.53 bits per heavy atom. The van der Waals surface area contributed by atoms with E-state index in [2.05, 4.69) is 22.0 Å². The van der Waals surface area contributed by atoms with Gasteiger partial charge in [0.05, 0.1) is 4.83 Å². The van der Waals surface area contributed by atoms with Crippen LogP contribution < -0.4 is 0 Å². The first-order valence-corrected chi connectivity index (χ1v) is 6.26. The number of aryl methyl sites for hydroxylation is 1. The number of carbonyl (C=O) groups is 2. The summed E-state index contributed by atoms with van der Waals surface area (Å²) < 4.78 is 0. The fourth-order valence-electron chi connectivity index (χ4n) is 1.59. The molecule has 0 radical (unpaired) electrons. The SMILES string of the molecule is CN(C)C=O.Cc1ccc2c(c1)CC(Br)C2=O. The van der Waals surface area contributed by atoms with E-state index in [-0.39, 0.29) is 10.6 Å². The van der Waals surface area contributed by atoms with Gasteiger partial charge in [0.1, 0.15) is 0 Å². The van der Waals surface area contributed by atoms with Crippen LogP contribution in [-0.2, 0) is 11.2 Å². The number of fused-ring (bicyclic) bond motifs is 1. The van der Waals surface area contributed by atoms with Crippen LogP contribution in [0.15, 0.2) is 18.2 Å². The number of nitrogens with zero attached hydrogens (tertiary/aromatic N) is 1. The Labute approximate surface area is 110 Å². The molecule has 0 aliphatic heterocycles. The zero-order valence-electron chi connectivity index (χ0n) is 10.2. The van der Waals surface area contributed by atoms with E-state index in [9.17, 15) is 9.59 Å². The maximum Gasteiger partial charge on any atom is 0.209 e. The monoisotopic (exact) mass is 297 g/mol. The highest BCUT2D eigenvalue weighted by Gasteiger charge is 2.27. The number of hydrogen-bond acceptors (Lipinski definition) is 2. The molecule has 0 heterocycles. The molecule has 0 spiro atoms. The molecule has 0 fully saturated rings. The van der Waals surface area contributed by atoms with Crippen molar-refractivity contribution in [2.75, 3.05) is 14.1 Å².